The molecule has 0 saturated heterocycles. The van der Waals surface area contributed by atoms with E-state index in [0.717, 1.165) is 77.0 Å². The van der Waals surface area contributed by atoms with Crippen LogP contribution in [0, 0.1) is 0 Å². The van der Waals surface area contributed by atoms with E-state index in [1.165, 1.54) is 167 Å². The Morgan fingerprint density at radius 2 is 0.582 bits per heavy atom. The van der Waals surface area contributed by atoms with Crippen molar-refractivity contribution in [3.05, 3.63) is 60.8 Å². The Morgan fingerprint density at radius 1 is 0.313 bits per heavy atom. The van der Waals surface area contributed by atoms with E-state index in [2.05, 4.69) is 81.5 Å². The molecule has 67 heavy (non-hydrogen) atoms. The van der Waals surface area contributed by atoms with Crippen LogP contribution < -0.4 is 0 Å². The molecule has 0 heterocycles. The van der Waals surface area contributed by atoms with Gasteiger partial charge in [0.1, 0.15) is 13.2 Å². The highest BCUT2D eigenvalue weighted by Gasteiger charge is 2.19. The van der Waals surface area contributed by atoms with E-state index in [1.54, 1.807) is 0 Å². The molecule has 0 spiro atoms. The highest BCUT2D eigenvalue weighted by Crippen LogP contribution is 2.17. The molecule has 1 atom stereocenters. The highest BCUT2D eigenvalue weighted by atomic mass is 16.6. The minimum atomic E-state index is -0.793. The van der Waals surface area contributed by atoms with Crippen LogP contribution in [0.2, 0.25) is 0 Å². The number of allylic oxidation sites excluding steroid dienone is 10. The standard InChI is InChI=1S/C61H108O6/c1-4-7-10-13-16-19-22-25-28-30-33-36-39-42-45-48-51-54-60(63)66-57-58(56-65-59(62)53-50-47-44-41-38-35-32-27-24-21-18-15-12-9-6-3)67-61(64)55-52-49-46-43-40-37-34-31-29-26-23-20-17-14-11-8-5-2/h7,10,16,19,25,28,33,36,42,45,58H,4-6,8-9,11-15,17-18,20-24,26-27,29-32,34-35,37-41,43-44,46-57H2,1-3H3/b10-7+,19-16+,28-25+,36-33+,45-42+/t58-/m1/s1. The summed E-state index contributed by atoms with van der Waals surface area (Å²) in [5, 5.41) is 0. The van der Waals surface area contributed by atoms with Gasteiger partial charge in [0.05, 0.1) is 0 Å². The summed E-state index contributed by atoms with van der Waals surface area (Å²) >= 11 is 0. The Kier molecular flexibility index (Phi) is 53.3. The maximum absolute atomic E-state index is 12.9. The molecule has 0 aliphatic rings. The fourth-order valence-corrected chi connectivity index (χ4v) is 8.24. The maximum Gasteiger partial charge on any atom is 0.306 e. The van der Waals surface area contributed by atoms with Crippen LogP contribution in [0.15, 0.2) is 60.8 Å². The molecule has 0 radical (unpaired) electrons. The Hall–Kier alpha value is -2.89. The molecule has 0 aliphatic heterocycles. The van der Waals surface area contributed by atoms with Gasteiger partial charge in [-0.15, -0.1) is 0 Å². The topological polar surface area (TPSA) is 78.9 Å². The van der Waals surface area contributed by atoms with Gasteiger partial charge in [-0.05, 0) is 57.8 Å². The lowest BCUT2D eigenvalue weighted by atomic mass is 10.0. The molecule has 0 aliphatic carbocycles. The van der Waals surface area contributed by atoms with E-state index < -0.39 is 6.10 Å². The van der Waals surface area contributed by atoms with Crippen molar-refractivity contribution in [1.29, 1.82) is 0 Å². The first-order valence-electron chi connectivity index (χ1n) is 28.8. The van der Waals surface area contributed by atoms with Crippen molar-refractivity contribution in [2.45, 2.75) is 297 Å². The predicted molar refractivity (Wildman–Crippen MR) is 288 cm³/mol. The zero-order chi connectivity index (χ0) is 48.6. The van der Waals surface area contributed by atoms with Gasteiger partial charge in [0.15, 0.2) is 6.10 Å². The monoisotopic (exact) mass is 937 g/mol. The van der Waals surface area contributed by atoms with Gasteiger partial charge in [-0.2, -0.15) is 0 Å². The lowest BCUT2D eigenvalue weighted by molar-refractivity contribution is -0.167. The Bertz CT molecular complexity index is 1210. The maximum atomic E-state index is 12.9. The zero-order valence-corrected chi connectivity index (χ0v) is 44.4. The summed E-state index contributed by atoms with van der Waals surface area (Å²) in [5.41, 5.74) is 0. The summed E-state index contributed by atoms with van der Waals surface area (Å²) in [4.78, 5) is 38.1. The molecule has 0 unspecified atom stereocenters. The molecule has 6 nitrogen and oxygen atoms in total. The fourth-order valence-electron chi connectivity index (χ4n) is 8.24. The van der Waals surface area contributed by atoms with E-state index >= 15 is 0 Å². The second-order valence-electron chi connectivity index (χ2n) is 19.2. The Morgan fingerprint density at radius 3 is 0.910 bits per heavy atom. The lowest BCUT2D eigenvalue weighted by Gasteiger charge is -2.18. The minimum Gasteiger partial charge on any atom is -0.462 e. The number of hydrogen-bond donors (Lipinski definition) is 0. The van der Waals surface area contributed by atoms with Crippen LogP contribution in [0.1, 0.15) is 290 Å². The van der Waals surface area contributed by atoms with Crippen LogP contribution in [-0.2, 0) is 28.6 Å². The van der Waals surface area contributed by atoms with Gasteiger partial charge in [0.25, 0.3) is 0 Å². The summed E-state index contributed by atoms with van der Waals surface area (Å²) in [6.45, 7) is 6.51. The molecule has 388 valence electrons. The van der Waals surface area contributed by atoms with E-state index in [4.69, 9.17) is 14.2 Å². The molecule has 0 bridgehead atoms. The number of esters is 3. The van der Waals surface area contributed by atoms with Crippen LogP contribution in [0.25, 0.3) is 0 Å². The van der Waals surface area contributed by atoms with Gasteiger partial charge < -0.3 is 14.2 Å². The van der Waals surface area contributed by atoms with Crippen molar-refractivity contribution in [3.8, 4) is 0 Å². The number of ether oxygens (including phenoxy) is 3. The number of hydrogen-bond acceptors (Lipinski definition) is 6. The third-order valence-electron chi connectivity index (χ3n) is 12.5. The first-order chi connectivity index (χ1) is 33.0. The van der Waals surface area contributed by atoms with Gasteiger partial charge in [-0.1, -0.05) is 274 Å². The molecular weight excluding hydrogens is 829 g/mol. The van der Waals surface area contributed by atoms with Gasteiger partial charge >= 0.3 is 17.9 Å². The van der Waals surface area contributed by atoms with Crippen molar-refractivity contribution in [1.82, 2.24) is 0 Å². The van der Waals surface area contributed by atoms with Crippen molar-refractivity contribution in [2.24, 2.45) is 0 Å². The molecule has 0 amide bonds. The molecule has 6 heteroatoms. The van der Waals surface area contributed by atoms with Crippen LogP contribution in [-0.4, -0.2) is 37.2 Å². The molecule has 0 rings (SSSR count). The number of carbonyl (C=O) groups is 3. The summed E-state index contributed by atoms with van der Waals surface area (Å²) in [6.07, 6.45) is 69.3. The first-order valence-corrected chi connectivity index (χ1v) is 28.8. The van der Waals surface area contributed by atoms with Crippen molar-refractivity contribution in [3.63, 3.8) is 0 Å². The first kappa shape index (κ1) is 64.1. The lowest BCUT2D eigenvalue weighted by Crippen LogP contribution is -2.30. The molecule has 0 N–H and O–H groups in total. The summed E-state index contributed by atoms with van der Waals surface area (Å²) in [6, 6.07) is 0. The second kappa shape index (κ2) is 55.7. The fraction of sp³-hybridized carbons (Fsp3) is 0.787. The Labute approximate surface area is 415 Å². The van der Waals surface area contributed by atoms with E-state index in [-0.39, 0.29) is 37.5 Å². The average Bonchev–Trinajstić information content (AvgIpc) is 3.33. The van der Waals surface area contributed by atoms with E-state index in [0.29, 0.717) is 19.3 Å². The molecular formula is C61H108O6. The predicted octanol–water partition coefficient (Wildman–Crippen LogP) is 19.2. The summed E-state index contributed by atoms with van der Waals surface area (Å²) in [7, 11) is 0. The van der Waals surface area contributed by atoms with Crippen molar-refractivity contribution >= 4 is 17.9 Å². The number of carbonyl (C=O) groups excluding carboxylic acids is 3. The van der Waals surface area contributed by atoms with Gasteiger partial charge in [0.2, 0.25) is 0 Å². The van der Waals surface area contributed by atoms with Gasteiger partial charge in [-0.25, -0.2) is 0 Å². The third-order valence-corrected chi connectivity index (χ3v) is 12.5. The number of unbranched alkanes of at least 4 members (excludes halogenated alkanes) is 31. The van der Waals surface area contributed by atoms with Crippen LogP contribution in [0.5, 0.6) is 0 Å². The molecule has 0 aromatic rings. The number of rotatable bonds is 52. The average molecular weight is 938 g/mol. The minimum absolute atomic E-state index is 0.0876. The van der Waals surface area contributed by atoms with Crippen LogP contribution in [0.3, 0.4) is 0 Å². The smallest absolute Gasteiger partial charge is 0.306 e. The normalized spacial score (nSPS) is 12.5. The molecule has 0 aromatic heterocycles. The molecule has 0 aromatic carbocycles. The van der Waals surface area contributed by atoms with E-state index in [9.17, 15) is 14.4 Å². The molecule has 0 fully saturated rings. The summed E-state index contributed by atoms with van der Waals surface area (Å²) in [5.74, 6) is -0.933. The van der Waals surface area contributed by atoms with Crippen molar-refractivity contribution in [2.75, 3.05) is 13.2 Å². The van der Waals surface area contributed by atoms with Crippen molar-refractivity contribution < 1.29 is 28.6 Å². The molecule has 0 saturated carbocycles. The van der Waals surface area contributed by atoms with Crippen LogP contribution in [0.4, 0.5) is 0 Å². The quantitative estimate of drug-likeness (QED) is 0.0262. The largest absolute Gasteiger partial charge is 0.462 e. The van der Waals surface area contributed by atoms with Gasteiger partial charge in [0, 0.05) is 19.3 Å². The summed E-state index contributed by atoms with van der Waals surface area (Å²) < 4.78 is 16.8. The highest BCUT2D eigenvalue weighted by molar-refractivity contribution is 5.71. The van der Waals surface area contributed by atoms with Crippen LogP contribution >= 0.6 is 0 Å². The second-order valence-corrected chi connectivity index (χ2v) is 19.2. The van der Waals surface area contributed by atoms with Gasteiger partial charge in [-0.3, -0.25) is 14.4 Å². The van der Waals surface area contributed by atoms with E-state index in [1.807, 2.05) is 0 Å². The third kappa shape index (κ3) is 53.9. The SMILES string of the molecule is CC/C=C/C/C=C/C/C=C/C/C=C/C/C=C/CCCC(=O)OC[C@@H](COC(=O)CCCCCCCCCCCCCCCCC)OC(=O)CCCCCCCCCCCCCCCCCCC. The zero-order valence-electron chi connectivity index (χ0n) is 44.4. The Balaban J connectivity index is 4.43.